The van der Waals surface area contributed by atoms with Crippen LogP contribution in [0.25, 0.3) is 34.1 Å². The van der Waals surface area contributed by atoms with E-state index in [4.69, 9.17) is 0 Å². The van der Waals surface area contributed by atoms with Crippen LogP contribution in [0.2, 0.25) is 0 Å². The van der Waals surface area contributed by atoms with E-state index in [1.807, 2.05) is 0 Å². The Morgan fingerprint density at radius 1 is 0.421 bits per heavy atom. The highest BCUT2D eigenvalue weighted by Gasteiger charge is 2.19. The van der Waals surface area contributed by atoms with Crippen LogP contribution in [0.1, 0.15) is 57.3 Å². The molecule has 0 bridgehead atoms. The smallest absolute Gasteiger partial charge is 0.0540 e. The van der Waals surface area contributed by atoms with Gasteiger partial charge >= 0.3 is 0 Å². The monoisotopic (exact) mass is 731 g/mol. The van der Waals surface area contributed by atoms with Crippen LogP contribution in [0.5, 0.6) is 0 Å². The second-order valence-corrected chi connectivity index (χ2v) is 14.8. The third-order valence-electron chi connectivity index (χ3n) is 11.1. The van der Waals surface area contributed by atoms with Gasteiger partial charge in [0, 0.05) is 16.8 Å². The molecule has 1 heteroatoms. The lowest BCUT2D eigenvalue weighted by Crippen LogP contribution is -2.12. The van der Waals surface area contributed by atoms with Crippen molar-refractivity contribution in [2.45, 2.75) is 25.7 Å². The highest BCUT2D eigenvalue weighted by atomic mass is 15.1. The van der Waals surface area contributed by atoms with Crippen molar-refractivity contribution >= 4 is 51.1 Å². The topological polar surface area (TPSA) is 3.24 Å². The third kappa shape index (κ3) is 7.92. The zero-order chi connectivity index (χ0) is 38.2. The van der Waals surface area contributed by atoms with Gasteiger partial charge in [-0.25, -0.2) is 0 Å². The largest absolute Gasteiger partial charge is 0.310 e. The molecule has 9 rings (SSSR count). The standard InChI is InChI=1S/C56H45N/c1-5-20-44(21-6-1)52(45-22-7-2-8-23-45)31-17-18-42-32-36-50(37-33-42)57(51-38-34-43-19-13-14-28-48(43)40-51)56-39-35-49(53-29-15-16-30-54(53)56)41-55(46-24-9-3-10-25-46)47-26-11-4-12-27-47/h1-12,15-18,20-27,29-41H,13-14,19,28H2/b18-17+. The predicted octanol–water partition coefficient (Wildman–Crippen LogP) is 14.9. The van der Waals surface area contributed by atoms with Crippen molar-refractivity contribution in [3.63, 3.8) is 0 Å². The SMILES string of the molecule is C(/C=C/c1ccc(N(c2ccc3c(c2)CCCC3)c2ccc(C=C(c3ccccc3)c3ccccc3)c3ccccc23)cc1)=C(c1ccccc1)c1ccccc1. The molecule has 0 saturated heterocycles. The van der Waals surface area contributed by atoms with E-state index in [0.717, 1.165) is 24.1 Å². The molecule has 0 N–H and O–H groups in total. The molecular weight excluding hydrogens is 687 g/mol. The Morgan fingerprint density at radius 3 is 1.53 bits per heavy atom. The first-order chi connectivity index (χ1) is 28.3. The summed E-state index contributed by atoms with van der Waals surface area (Å²) in [5.41, 5.74) is 16.0. The molecule has 0 aliphatic heterocycles. The number of nitrogens with zero attached hydrogens (tertiary/aromatic N) is 1. The maximum atomic E-state index is 2.45. The second kappa shape index (κ2) is 16.8. The van der Waals surface area contributed by atoms with Crippen molar-refractivity contribution in [1.29, 1.82) is 0 Å². The summed E-state index contributed by atoms with van der Waals surface area (Å²) in [6.45, 7) is 0. The van der Waals surface area contributed by atoms with Gasteiger partial charge in [-0.3, -0.25) is 0 Å². The molecule has 0 spiro atoms. The Kier molecular flexibility index (Phi) is 10.5. The highest BCUT2D eigenvalue weighted by molar-refractivity contribution is 6.05. The van der Waals surface area contributed by atoms with Gasteiger partial charge in [-0.05, 0) is 123 Å². The molecule has 0 fully saturated rings. The van der Waals surface area contributed by atoms with Crippen molar-refractivity contribution in [2.75, 3.05) is 4.90 Å². The van der Waals surface area contributed by atoms with Gasteiger partial charge in [0.1, 0.15) is 0 Å². The van der Waals surface area contributed by atoms with Crippen LogP contribution in [-0.2, 0) is 12.8 Å². The lowest BCUT2D eigenvalue weighted by molar-refractivity contribution is 0.685. The van der Waals surface area contributed by atoms with E-state index in [-0.39, 0.29) is 0 Å². The predicted molar refractivity (Wildman–Crippen MR) is 244 cm³/mol. The summed E-state index contributed by atoms with van der Waals surface area (Å²) in [4.78, 5) is 2.45. The molecular formula is C56H45N. The van der Waals surface area contributed by atoms with Gasteiger partial charge in [0.25, 0.3) is 0 Å². The van der Waals surface area contributed by atoms with Crippen molar-refractivity contribution in [1.82, 2.24) is 0 Å². The molecule has 1 aliphatic rings. The molecule has 1 aliphatic carbocycles. The van der Waals surface area contributed by atoms with Crippen LogP contribution in [0.4, 0.5) is 17.1 Å². The van der Waals surface area contributed by atoms with Gasteiger partial charge in [-0.2, -0.15) is 0 Å². The minimum Gasteiger partial charge on any atom is -0.310 e. The fourth-order valence-electron chi connectivity index (χ4n) is 8.22. The average Bonchev–Trinajstić information content (AvgIpc) is 3.29. The summed E-state index contributed by atoms with van der Waals surface area (Å²) in [5.74, 6) is 0. The van der Waals surface area contributed by atoms with Crippen molar-refractivity contribution in [3.05, 3.63) is 257 Å². The Hall–Kier alpha value is -6.96. The normalized spacial score (nSPS) is 12.2. The first-order valence-electron chi connectivity index (χ1n) is 20.1. The lowest BCUT2D eigenvalue weighted by Gasteiger charge is -2.29. The minimum absolute atomic E-state index is 1.13. The Balaban J connectivity index is 1.12. The van der Waals surface area contributed by atoms with E-state index in [1.165, 1.54) is 85.1 Å². The number of benzene rings is 8. The second-order valence-electron chi connectivity index (χ2n) is 14.8. The molecule has 0 unspecified atom stereocenters. The maximum absolute atomic E-state index is 2.45. The highest BCUT2D eigenvalue weighted by Crippen LogP contribution is 2.42. The van der Waals surface area contributed by atoms with Crippen LogP contribution < -0.4 is 4.90 Å². The van der Waals surface area contributed by atoms with Crippen LogP contribution in [0.3, 0.4) is 0 Å². The van der Waals surface area contributed by atoms with Gasteiger partial charge in [-0.1, -0.05) is 188 Å². The number of fused-ring (bicyclic) bond motifs is 2. The Morgan fingerprint density at radius 2 is 0.930 bits per heavy atom. The van der Waals surface area contributed by atoms with E-state index in [0.29, 0.717) is 0 Å². The number of hydrogen-bond donors (Lipinski definition) is 0. The molecule has 1 nitrogen and oxygen atoms in total. The summed E-state index contributed by atoms with van der Waals surface area (Å²) < 4.78 is 0. The van der Waals surface area contributed by atoms with E-state index in [9.17, 15) is 0 Å². The molecule has 0 amide bonds. The fraction of sp³-hybridized carbons (Fsp3) is 0.0714. The first kappa shape index (κ1) is 35.7. The van der Waals surface area contributed by atoms with Gasteiger partial charge in [0.2, 0.25) is 0 Å². The van der Waals surface area contributed by atoms with Crippen LogP contribution >= 0.6 is 0 Å². The van der Waals surface area contributed by atoms with E-state index in [1.54, 1.807) is 0 Å². The van der Waals surface area contributed by atoms with E-state index < -0.39 is 0 Å². The molecule has 8 aromatic rings. The maximum Gasteiger partial charge on any atom is 0.0540 e. The summed E-state index contributed by atoms with van der Waals surface area (Å²) in [6, 6.07) is 72.3. The molecule has 0 saturated carbocycles. The Bertz CT molecular complexity index is 2600. The fourth-order valence-corrected chi connectivity index (χ4v) is 8.22. The van der Waals surface area contributed by atoms with E-state index >= 15 is 0 Å². The molecule has 0 atom stereocenters. The third-order valence-corrected chi connectivity index (χ3v) is 11.1. The van der Waals surface area contributed by atoms with Crippen LogP contribution in [0.15, 0.2) is 212 Å². The zero-order valence-electron chi connectivity index (χ0n) is 32.1. The molecule has 0 heterocycles. The van der Waals surface area contributed by atoms with Crippen molar-refractivity contribution in [2.24, 2.45) is 0 Å². The number of rotatable bonds is 10. The quantitative estimate of drug-likeness (QED) is 0.1000. The van der Waals surface area contributed by atoms with Crippen molar-refractivity contribution < 1.29 is 0 Å². The summed E-state index contributed by atoms with van der Waals surface area (Å²) in [5, 5.41) is 2.44. The summed E-state index contributed by atoms with van der Waals surface area (Å²) in [7, 11) is 0. The molecule has 8 aromatic carbocycles. The number of anilines is 3. The number of aryl methyl sites for hydroxylation is 2. The van der Waals surface area contributed by atoms with Gasteiger partial charge in [-0.15, -0.1) is 0 Å². The van der Waals surface area contributed by atoms with Gasteiger partial charge in [0.05, 0.1) is 5.69 Å². The average molecular weight is 732 g/mol. The molecule has 274 valence electrons. The van der Waals surface area contributed by atoms with E-state index in [2.05, 4.69) is 229 Å². The van der Waals surface area contributed by atoms with Gasteiger partial charge < -0.3 is 4.90 Å². The van der Waals surface area contributed by atoms with Gasteiger partial charge in [0.15, 0.2) is 0 Å². The lowest BCUT2D eigenvalue weighted by atomic mass is 9.91. The molecule has 57 heavy (non-hydrogen) atoms. The first-order valence-corrected chi connectivity index (χ1v) is 20.1. The van der Waals surface area contributed by atoms with Crippen molar-refractivity contribution in [3.8, 4) is 0 Å². The number of allylic oxidation sites excluding steroid dienone is 2. The van der Waals surface area contributed by atoms with Crippen LogP contribution in [-0.4, -0.2) is 0 Å². The summed E-state index contributed by atoms with van der Waals surface area (Å²) in [6.07, 6.45) is 13.8. The number of hydrogen-bond acceptors (Lipinski definition) is 1. The molecule has 0 radical (unpaired) electrons. The Labute approximate surface area is 337 Å². The molecule has 0 aromatic heterocycles. The minimum atomic E-state index is 1.13. The summed E-state index contributed by atoms with van der Waals surface area (Å²) >= 11 is 0. The van der Waals surface area contributed by atoms with Crippen LogP contribution in [0, 0.1) is 0 Å². The zero-order valence-corrected chi connectivity index (χ0v) is 32.1.